The number of ether oxygens (including phenoxy) is 3. The molecular formula is C20H22N2O5. The molecule has 1 aliphatic carbocycles. The van der Waals surface area contributed by atoms with E-state index in [2.05, 4.69) is 5.32 Å². The van der Waals surface area contributed by atoms with Crippen LogP contribution < -0.4 is 14.8 Å². The van der Waals surface area contributed by atoms with Gasteiger partial charge < -0.3 is 19.5 Å². The van der Waals surface area contributed by atoms with E-state index in [9.17, 15) is 14.9 Å². The number of nitrogens with one attached hydrogen (secondary N) is 1. The molecule has 1 amide bonds. The number of nitrogens with zero attached hydrogens (tertiary/aromatic N) is 1. The van der Waals surface area contributed by atoms with Crippen molar-refractivity contribution in [1.29, 1.82) is 5.26 Å². The van der Waals surface area contributed by atoms with Crippen LogP contribution in [-0.4, -0.2) is 31.3 Å². The number of amides is 1. The molecule has 1 N–H and O–H groups in total. The third-order valence-electron chi connectivity index (χ3n) is 4.60. The van der Waals surface area contributed by atoms with Crippen LogP contribution in [0.15, 0.2) is 23.8 Å². The Kier molecular flexibility index (Phi) is 6.31. The van der Waals surface area contributed by atoms with Crippen LogP contribution in [0.3, 0.4) is 0 Å². The molecule has 0 bridgehead atoms. The van der Waals surface area contributed by atoms with Gasteiger partial charge in [0, 0.05) is 6.04 Å². The summed E-state index contributed by atoms with van der Waals surface area (Å²) < 4.78 is 15.5. The zero-order chi connectivity index (χ0) is 19.1. The van der Waals surface area contributed by atoms with Crippen molar-refractivity contribution in [1.82, 2.24) is 5.32 Å². The van der Waals surface area contributed by atoms with Crippen LogP contribution in [0.4, 0.5) is 0 Å². The second-order valence-electron chi connectivity index (χ2n) is 6.61. The highest BCUT2D eigenvalue weighted by Crippen LogP contribution is 2.33. The van der Waals surface area contributed by atoms with E-state index >= 15 is 0 Å². The van der Waals surface area contributed by atoms with Crippen LogP contribution in [0, 0.1) is 11.3 Å². The van der Waals surface area contributed by atoms with Gasteiger partial charge in [-0.05, 0) is 36.6 Å². The number of carbonyl (C=O) groups excluding carboxylic acids is 2. The van der Waals surface area contributed by atoms with Crippen molar-refractivity contribution in [3.8, 4) is 17.6 Å². The summed E-state index contributed by atoms with van der Waals surface area (Å²) in [6.07, 6.45) is 7.88. The number of rotatable bonds is 5. The average molecular weight is 370 g/mol. The molecule has 0 atom stereocenters. The minimum atomic E-state index is -0.828. The Hall–Kier alpha value is -3.01. The lowest BCUT2D eigenvalue weighted by atomic mass is 10.1. The Labute approximate surface area is 157 Å². The fourth-order valence-electron chi connectivity index (χ4n) is 3.21. The second kappa shape index (κ2) is 9.08. The first kappa shape index (κ1) is 18.8. The van der Waals surface area contributed by atoms with Gasteiger partial charge in [0.05, 0.1) is 0 Å². The molecule has 7 heteroatoms. The Bertz CT molecular complexity index is 773. The highest BCUT2D eigenvalue weighted by atomic mass is 16.7. The molecular weight excluding hydrogens is 348 g/mol. The fraction of sp³-hybridized carbons (Fsp3) is 0.450. The van der Waals surface area contributed by atoms with Gasteiger partial charge in [0.1, 0.15) is 11.6 Å². The summed E-state index contributed by atoms with van der Waals surface area (Å²) in [5.41, 5.74) is 0.423. The lowest BCUT2D eigenvalue weighted by molar-refractivity contribution is -0.144. The predicted molar refractivity (Wildman–Crippen MR) is 96.7 cm³/mol. The van der Waals surface area contributed by atoms with E-state index in [1.54, 1.807) is 18.2 Å². The van der Waals surface area contributed by atoms with E-state index in [0.717, 1.165) is 25.7 Å². The Balaban J connectivity index is 1.54. The molecule has 3 rings (SSSR count). The maximum absolute atomic E-state index is 12.1. The topological polar surface area (TPSA) is 97.7 Å². The molecule has 7 nitrogen and oxygen atoms in total. The number of hydrogen-bond donors (Lipinski definition) is 1. The molecule has 1 aliphatic heterocycles. The van der Waals surface area contributed by atoms with Gasteiger partial charge in [-0.3, -0.25) is 4.79 Å². The molecule has 142 valence electrons. The van der Waals surface area contributed by atoms with E-state index in [1.165, 1.54) is 18.9 Å². The van der Waals surface area contributed by atoms with Crippen LogP contribution in [0.25, 0.3) is 6.08 Å². The van der Waals surface area contributed by atoms with E-state index in [0.29, 0.717) is 17.1 Å². The minimum absolute atomic E-state index is 0.137. The van der Waals surface area contributed by atoms with Crippen molar-refractivity contribution in [2.24, 2.45) is 0 Å². The lowest BCUT2D eigenvalue weighted by Gasteiger charge is -2.16. The van der Waals surface area contributed by atoms with Gasteiger partial charge in [0.15, 0.2) is 18.1 Å². The zero-order valence-electron chi connectivity index (χ0n) is 15.0. The molecule has 27 heavy (non-hydrogen) atoms. The average Bonchev–Trinajstić information content (AvgIpc) is 2.99. The van der Waals surface area contributed by atoms with E-state index < -0.39 is 12.6 Å². The number of fused-ring (bicyclic) bond motifs is 1. The molecule has 1 aromatic carbocycles. The molecule has 2 aliphatic rings. The lowest BCUT2D eigenvalue weighted by Crippen LogP contribution is -2.37. The van der Waals surface area contributed by atoms with Crippen LogP contribution >= 0.6 is 0 Å². The maximum atomic E-state index is 12.1. The van der Waals surface area contributed by atoms with Gasteiger partial charge in [0.25, 0.3) is 5.91 Å². The smallest absolute Gasteiger partial charge is 0.349 e. The number of esters is 1. The van der Waals surface area contributed by atoms with Crippen LogP contribution in [0.5, 0.6) is 11.5 Å². The van der Waals surface area contributed by atoms with Crippen molar-refractivity contribution < 1.29 is 23.8 Å². The summed E-state index contributed by atoms with van der Waals surface area (Å²) >= 11 is 0. The first-order valence-corrected chi connectivity index (χ1v) is 9.13. The van der Waals surface area contributed by atoms with Crippen molar-refractivity contribution in [3.05, 3.63) is 29.3 Å². The number of nitriles is 1. The van der Waals surface area contributed by atoms with Crippen molar-refractivity contribution in [2.45, 2.75) is 44.6 Å². The Morgan fingerprint density at radius 2 is 1.93 bits per heavy atom. The summed E-state index contributed by atoms with van der Waals surface area (Å²) in [6, 6.07) is 7.03. The first-order valence-electron chi connectivity index (χ1n) is 9.13. The van der Waals surface area contributed by atoms with Gasteiger partial charge in [-0.2, -0.15) is 5.26 Å². The van der Waals surface area contributed by atoms with E-state index in [-0.39, 0.29) is 24.3 Å². The molecule has 1 heterocycles. The monoisotopic (exact) mass is 370 g/mol. The van der Waals surface area contributed by atoms with Gasteiger partial charge in [-0.1, -0.05) is 31.7 Å². The quantitative estimate of drug-likeness (QED) is 0.370. The SMILES string of the molecule is N#C/C(=C/c1ccc2c(c1)OCO2)C(=O)OCC(=O)NC1CCCCCC1. The largest absolute Gasteiger partial charge is 0.454 e. The molecule has 1 saturated carbocycles. The number of hydrogen-bond acceptors (Lipinski definition) is 6. The molecule has 0 radical (unpaired) electrons. The number of benzene rings is 1. The van der Waals surface area contributed by atoms with Crippen LogP contribution in [0.2, 0.25) is 0 Å². The van der Waals surface area contributed by atoms with Crippen molar-refractivity contribution in [2.75, 3.05) is 13.4 Å². The molecule has 0 unspecified atom stereocenters. The predicted octanol–water partition coefficient (Wildman–Crippen LogP) is 2.70. The second-order valence-corrected chi connectivity index (χ2v) is 6.61. The third kappa shape index (κ3) is 5.23. The standard InChI is InChI=1S/C20H22N2O5/c21-11-15(9-14-7-8-17-18(10-14)27-13-26-17)20(24)25-12-19(23)22-16-5-3-1-2-4-6-16/h7-10,16H,1-6,12-13H2,(H,22,23)/b15-9-. The maximum Gasteiger partial charge on any atom is 0.349 e. The molecule has 1 fully saturated rings. The van der Waals surface area contributed by atoms with E-state index in [4.69, 9.17) is 14.2 Å². The molecule has 0 spiro atoms. The summed E-state index contributed by atoms with van der Waals surface area (Å²) in [5.74, 6) is 0.00223. The molecule has 1 aromatic rings. The minimum Gasteiger partial charge on any atom is -0.454 e. The molecule has 0 saturated heterocycles. The van der Waals surface area contributed by atoms with Gasteiger partial charge >= 0.3 is 5.97 Å². The number of carbonyl (C=O) groups is 2. The van der Waals surface area contributed by atoms with Gasteiger partial charge in [-0.15, -0.1) is 0 Å². The van der Waals surface area contributed by atoms with Crippen LogP contribution in [0.1, 0.15) is 44.1 Å². The highest BCUT2D eigenvalue weighted by molar-refractivity contribution is 5.98. The fourth-order valence-corrected chi connectivity index (χ4v) is 3.21. The summed E-state index contributed by atoms with van der Waals surface area (Å²) in [7, 11) is 0. The Morgan fingerprint density at radius 3 is 2.67 bits per heavy atom. The molecule has 0 aromatic heterocycles. The third-order valence-corrected chi connectivity index (χ3v) is 4.60. The normalized spacial score (nSPS) is 16.9. The summed E-state index contributed by atoms with van der Waals surface area (Å²) in [5, 5.41) is 12.1. The van der Waals surface area contributed by atoms with Gasteiger partial charge in [0.2, 0.25) is 6.79 Å². The highest BCUT2D eigenvalue weighted by Gasteiger charge is 2.18. The summed E-state index contributed by atoms with van der Waals surface area (Å²) in [6.45, 7) is -0.249. The van der Waals surface area contributed by atoms with E-state index in [1.807, 2.05) is 6.07 Å². The van der Waals surface area contributed by atoms with Crippen molar-refractivity contribution >= 4 is 18.0 Å². The summed E-state index contributed by atoms with van der Waals surface area (Å²) in [4.78, 5) is 24.1. The van der Waals surface area contributed by atoms with Gasteiger partial charge in [-0.25, -0.2) is 4.79 Å². The zero-order valence-corrected chi connectivity index (χ0v) is 15.0. The van der Waals surface area contributed by atoms with Crippen molar-refractivity contribution in [3.63, 3.8) is 0 Å². The first-order chi connectivity index (χ1) is 13.2. The van der Waals surface area contributed by atoms with Crippen LogP contribution in [-0.2, 0) is 14.3 Å². The Morgan fingerprint density at radius 1 is 1.19 bits per heavy atom.